The second-order valence-electron chi connectivity index (χ2n) is 5.68. The highest BCUT2D eigenvalue weighted by Crippen LogP contribution is 2.31. The van der Waals surface area contributed by atoms with E-state index in [1.165, 1.54) is 0 Å². The molecule has 0 unspecified atom stereocenters. The summed E-state index contributed by atoms with van der Waals surface area (Å²) < 4.78 is 10.8. The van der Waals surface area contributed by atoms with Gasteiger partial charge >= 0.3 is 0 Å². The van der Waals surface area contributed by atoms with Gasteiger partial charge in [-0.15, -0.1) is 0 Å². The van der Waals surface area contributed by atoms with Crippen LogP contribution in [0.2, 0.25) is 10.0 Å². The van der Waals surface area contributed by atoms with Crippen LogP contribution >= 0.6 is 23.2 Å². The van der Waals surface area contributed by atoms with Gasteiger partial charge in [-0.2, -0.15) is 0 Å². The fourth-order valence-corrected chi connectivity index (χ4v) is 2.78. The van der Waals surface area contributed by atoms with E-state index in [0.29, 0.717) is 47.8 Å². The number of aliphatic imine (C=N–C) groups is 1. The van der Waals surface area contributed by atoms with E-state index >= 15 is 0 Å². The van der Waals surface area contributed by atoms with Crippen LogP contribution in [0.3, 0.4) is 0 Å². The molecule has 2 aromatic carbocycles. The van der Waals surface area contributed by atoms with Crippen LogP contribution in [0.15, 0.2) is 47.5 Å². The van der Waals surface area contributed by atoms with Crippen LogP contribution in [-0.4, -0.2) is 49.9 Å². The van der Waals surface area contributed by atoms with Crippen molar-refractivity contribution in [3.8, 4) is 5.75 Å². The van der Waals surface area contributed by atoms with Crippen LogP contribution in [0.4, 0.5) is 5.69 Å². The summed E-state index contributed by atoms with van der Waals surface area (Å²) in [6.07, 6.45) is 1.69. The van der Waals surface area contributed by atoms with Crippen LogP contribution in [0.5, 0.6) is 5.75 Å². The summed E-state index contributed by atoms with van der Waals surface area (Å²) in [4.78, 5) is 18.2. The number of benzene rings is 2. The third-order valence-electron chi connectivity index (χ3n) is 3.89. The molecule has 3 rings (SSSR count). The second-order valence-corrected chi connectivity index (χ2v) is 6.47. The van der Waals surface area contributed by atoms with Crippen molar-refractivity contribution < 1.29 is 14.3 Å². The Morgan fingerprint density at radius 3 is 2.62 bits per heavy atom. The number of amides is 1. The molecular weight excluding hydrogens is 375 g/mol. The highest BCUT2D eigenvalue weighted by atomic mass is 35.5. The third kappa shape index (κ3) is 4.97. The number of morpholine rings is 1. The monoisotopic (exact) mass is 392 g/mol. The molecule has 1 amide bonds. The first-order chi connectivity index (χ1) is 12.6. The van der Waals surface area contributed by atoms with Crippen molar-refractivity contribution in [2.45, 2.75) is 0 Å². The third-order valence-corrected chi connectivity index (χ3v) is 4.70. The molecule has 1 fully saturated rings. The van der Waals surface area contributed by atoms with Crippen molar-refractivity contribution in [3.63, 3.8) is 0 Å². The predicted octanol–water partition coefficient (Wildman–Crippen LogP) is 3.98. The Labute approximate surface area is 162 Å². The Bertz CT molecular complexity index is 788. The lowest BCUT2D eigenvalue weighted by Crippen LogP contribution is -2.42. The average Bonchev–Trinajstić information content (AvgIpc) is 2.69. The zero-order valence-corrected chi connectivity index (χ0v) is 15.5. The van der Waals surface area contributed by atoms with Gasteiger partial charge in [0.15, 0.2) is 6.61 Å². The lowest BCUT2D eigenvalue weighted by molar-refractivity contribution is -0.137. The standard InChI is InChI=1S/C19H18Cl2N2O3/c20-16-2-1-3-17(19(16)21)22-12-14-4-6-15(7-5-14)26-13-18(24)23-8-10-25-11-9-23/h1-7,12H,8-11,13H2. The zero-order valence-electron chi connectivity index (χ0n) is 14.0. The molecule has 7 heteroatoms. The summed E-state index contributed by atoms with van der Waals surface area (Å²) in [6, 6.07) is 12.6. The first-order valence-corrected chi connectivity index (χ1v) is 8.95. The molecule has 2 aromatic rings. The minimum absolute atomic E-state index is 0.0194. The lowest BCUT2D eigenvalue weighted by Gasteiger charge is -2.26. The first kappa shape index (κ1) is 18.7. The molecule has 1 aliphatic heterocycles. The minimum Gasteiger partial charge on any atom is -0.484 e. The van der Waals surface area contributed by atoms with Crippen molar-refractivity contribution >= 4 is 41.0 Å². The van der Waals surface area contributed by atoms with E-state index < -0.39 is 0 Å². The van der Waals surface area contributed by atoms with Crippen LogP contribution < -0.4 is 4.74 Å². The summed E-state index contributed by atoms with van der Waals surface area (Å²) in [5.74, 6) is 0.596. The Morgan fingerprint density at radius 2 is 1.88 bits per heavy atom. The van der Waals surface area contributed by atoms with Crippen LogP contribution in [0, 0.1) is 0 Å². The number of ether oxygens (including phenoxy) is 2. The summed E-state index contributed by atoms with van der Waals surface area (Å²) in [6.45, 7) is 2.41. The molecule has 0 spiro atoms. The van der Waals surface area contributed by atoms with Gasteiger partial charge in [-0.25, -0.2) is 0 Å². The topological polar surface area (TPSA) is 51.1 Å². The van der Waals surface area contributed by atoms with Gasteiger partial charge in [0, 0.05) is 19.3 Å². The van der Waals surface area contributed by atoms with Gasteiger partial charge in [-0.05, 0) is 42.0 Å². The van der Waals surface area contributed by atoms with Crippen molar-refractivity contribution in [2.75, 3.05) is 32.9 Å². The fraction of sp³-hybridized carbons (Fsp3) is 0.263. The summed E-state index contributed by atoms with van der Waals surface area (Å²) in [7, 11) is 0. The Balaban J connectivity index is 1.55. The van der Waals surface area contributed by atoms with Gasteiger partial charge in [0.05, 0.1) is 28.9 Å². The molecule has 0 radical (unpaired) electrons. The van der Waals surface area contributed by atoms with E-state index in [9.17, 15) is 4.79 Å². The summed E-state index contributed by atoms with van der Waals surface area (Å²) >= 11 is 12.1. The van der Waals surface area contributed by atoms with Gasteiger partial charge in [-0.3, -0.25) is 9.79 Å². The van der Waals surface area contributed by atoms with Crippen molar-refractivity contribution in [1.29, 1.82) is 0 Å². The van der Waals surface area contributed by atoms with E-state index in [4.69, 9.17) is 32.7 Å². The summed E-state index contributed by atoms with van der Waals surface area (Å²) in [5.41, 5.74) is 1.49. The lowest BCUT2D eigenvalue weighted by atomic mass is 10.2. The maximum absolute atomic E-state index is 12.1. The maximum Gasteiger partial charge on any atom is 0.260 e. The first-order valence-electron chi connectivity index (χ1n) is 8.20. The Hall–Kier alpha value is -2.08. The van der Waals surface area contributed by atoms with E-state index in [1.54, 1.807) is 41.4 Å². The number of carbonyl (C=O) groups excluding carboxylic acids is 1. The van der Waals surface area contributed by atoms with Gasteiger partial charge < -0.3 is 14.4 Å². The van der Waals surface area contributed by atoms with Crippen LogP contribution in [0.1, 0.15) is 5.56 Å². The normalized spacial score (nSPS) is 14.6. The number of hydrogen-bond donors (Lipinski definition) is 0. The molecule has 0 aliphatic carbocycles. The molecule has 0 saturated carbocycles. The molecule has 0 N–H and O–H groups in total. The number of nitrogens with zero attached hydrogens (tertiary/aromatic N) is 2. The molecule has 5 nitrogen and oxygen atoms in total. The molecular formula is C19H18Cl2N2O3. The number of halogens is 2. The number of carbonyl (C=O) groups is 1. The van der Waals surface area contributed by atoms with Crippen molar-refractivity contribution in [3.05, 3.63) is 58.1 Å². The van der Waals surface area contributed by atoms with Gasteiger partial charge in [0.25, 0.3) is 5.91 Å². The van der Waals surface area contributed by atoms with E-state index in [2.05, 4.69) is 4.99 Å². The van der Waals surface area contributed by atoms with Gasteiger partial charge in [0.2, 0.25) is 0 Å². The van der Waals surface area contributed by atoms with E-state index in [1.807, 2.05) is 12.1 Å². The van der Waals surface area contributed by atoms with Gasteiger partial charge in [0.1, 0.15) is 5.75 Å². The van der Waals surface area contributed by atoms with Gasteiger partial charge in [-0.1, -0.05) is 29.3 Å². The molecule has 136 valence electrons. The molecule has 26 heavy (non-hydrogen) atoms. The Morgan fingerprint density at radius 1 is 1.15 bits per heavy atom. The molecule has 1 saturated heterocycles. The number of rotatable bonds is 5. The Kier molecular flexibility index (Phi) is 6.50. The quantitative estimate of drug-likeness (QED) is 0.722. The molecule has 1 heterocycles. The molecule has 1 aliphatic rings. The zero-order chi connectivity index (χ0) is 18.4. The second kappa shape index (κ2) is 9.03. The number of hydrogen-bond acceptors (Lipinski definition) is 4. The molecule has 0 aromatic heterocycles. The smallest absolute Gasteiger partial charge is 0.260 e. The molecule has 0 atom stereocenters. The largest absolute Gasteiger partial charge is 0.484 e. The maximum atomic E-state index is 12.1. The SMILES string of the molecule is O=C(COc1ccc(C=Nc2cccc(Cl)c2Cl)cc1)N1CCOCC1. The fourth-order valence-electron chi connectivity index (χ4n) is 2.44. The molecule has 0 bridgehead atoms. The average molecular weight is 393 g/mol. The van der Waals surface area contributed by atoms with Crippen LogP contribution in [0.25, 0.3) is 0 Å². The minimum atomic E-state index is -0.0328. The van der Waals surface area contributed by atoms with Crippen LogP contribution in [-0.2, 0) is 9.53 Å². The summed E-state index contributed by atoms with van der Waals surface area (Å²) in [5, 5.41) is 0.891. The predicted molar refractivity (Wildman–Crippen MR) is 103 cm³/mol. The van der Waals surface area contributed by atoms with E-state index in [0.717, 1.165) is 5.56 Å². The van der Waals surface area contributed by atoms with Crippen molar-refractivity contribution in [2.24, 2.45) is 4.99 Å². The van der Waals surface area contributed by atoms with Crippen molar-refractivity contribution in [1.82, 2.24) is 4.90 Å². The highest BCUT2D eigenvalue weighted by Gasteiger charge is 2.17. The highest BCUT2D eigenvalue weighted by molar-refractivity contribution is 6.43. The van der Waals surface area contributed by atoms with E-state index in [-0.39, 0.29) is 12.5 Å².